The van der Waals surface area contributed by atoms with Gasteiger partial charge in [0.25, 0.3) is 5.91 Å². The maximum absolute atomic E-state index is 12.1. The first-order valence-electron chi connectivity index (χ1n) is 8.62. The average Bonchev–Trinajstić information content (AvgIpc) is 3.10. The van der Waals surface area contributed by atoms with Crippen LogP contribution < -0.4 is 10.1 Å². The minimum atomic E-state index is -0.281. The number of halogens is 1. The Kier molecular flexibility index (Phi) is 6.93. The number of hydrogen-bond acceptors (Lipinski definition) is 6. The van der Waals surface area contributed by atoms with E-state index in [1.165, 1.54) is 22.5 Å². The Balaban J connectivity index is 1.49. The fourth-order valence-corrected chi connectivity index (χ4v) is 4.38. The molecule has 0 saturated heterocycles. The standard InChI is InChI=1S/C20H20ClN3O2S2/c1-12-5-4-6-15(7-12)11-27-20-24-23-19(28-20)22-17(25)10-26-16-8-13(2)18(21)14(3)9-16/h4-9H,10-11H2,1-3H3,(H,22,23,25). The van der Waals surface area contributed by atoms with Crippen LogP contribution in [0, 0.1) is 20.8 Å². The van der Waals surface area contributed by atoms with Crippen LogP contribution in [-0.2, 0) is 10.5 Å². The summed E-state index contributed by atoms with van der Waals surface area (Å²) in [5, 5.41) is 12.0. The molecule has 1 heterocycles. The molecule has 0 fully saturated rings. The van der Waals surface area contributed by atoms with Gasteiger partial charge in [0, 0.05) is 10.8 Å². The lowest BCUT2D eigenvalue weighted by Crippen LogP contribution is -2.20. The topological polar surface area (TPSA) is 64.1 Å². The molecule has 28 heavy (non-hydrogen) atoms. The van der Waals surface area contributed by atoms with Crippen LogP contribution in [0.15, 0.2) is 40.7 Å². The van der Waals surface area contributed by atoms with Crippen LogP contribution in [0.3, 0.4) is 0 Å². The number of thioether (sulfide) groups is 1. The zero-order valence-corrected chi connectivity index (χ0v) is 18.2. The van der Waals surface area contributed by atoms with E-state index < -0.39 is 0 Å². The highest BCUT2D eigenvalue weighted by Gasteiger charge is 2.11. The number of carbonyl (C=O) groups excluding carboxylic acids is 1. The number of carbonyl (C=O) groups is 1. The summed E-state index contributed by atoms with van der Waals surface area (Å²) in [4.78, 5) is 12.1. The Hall–Kier alpha value is -2.09. The largest absolute Gasteiger partial charge is 0.484 e. The molecule has 2 aromatic carbocycles. The molecule has 1 amide bonds. The Morgan fingerprint density at radius 3 is 2.64 bits per heavy atom. The molecule has 0 atom stereocenters. The number of aromatic nitrogens is 2. The molecule has 3 aromatic rings. The number of benzene rings is 2. The summed E-state index contributed by atoms with van der Waals surface area (Å²) in [5.74, 6) is 1.14. The van der Waals surface area contributed by atoms with Crippen LogP contribution in [0.4, 0.5) is 5.13 Å². The van der Waals surface area contributed by atoms with E-state index in [4.69, 9.17) is 16.3 Å². The molecule has 0 bridgehead atoms. The summed E-state index contributed by atoms with van der Waals surface area (Å²) in [6.45, 7) is 5.77. The van der Waals surface area contributed by atoms with Crippen molar-refractivity contribution in [1.82, 2.24) is 10.2 Å². The molecule has 0 aliphatic carbocycles. The maximum Gasteiger partial charge on any atom is 0.264 e. The number of amides is 1. The predicted octanol–water partition coefficient (Wildman–Crippen LogP) is 5.43. The fourth-order valence-electron chi connectivity index (χ4n) is 2.56. The third-order valence-electron chi connectivity index (χ3n) is 3.88. The summed E-state index contributed by atoms with van der Waals surface area (Å²) >= 11 is 9.09. The van der Waals surface area contributed by atoms with Gasteiger partial charge in [-0.05, 0) is 49.6 Å². The molecular weight excluding hydrogens is 414 g/mol. The summed E-state index contributed by atoms with van der Waals surface area (Å²) in [6.07, 6.45) is 0. The molecule has 0 spiro atoms. The Morgan fingerprint density at radius 2 is 1.93 bits per heavy atom. The first kappa shape index (κ1) is 20.6. The van der Waals surface area contributed by atoms with Gasteiger partial charge in [-0.2, -0.15) is 0 Å². The van der Waals surface area contributed by atoms with E-state index in [0.717, 1.165) is 21.2 Å². The van der Waals surface area contributed by atoms with Gasteiger partial charge in [0.1, 0.15) is 5.75 Å². The van der Waals surface area contributed by atoms with Crippen molar-refractivity contribution in [3.63, 3.8) is 0 Å². The number of anilines is 1. The minimum absolute atomic E-state index is 0.105. The second-order valence-corrected chi connectivity index (χ2v) is 8.94. The van der Waals surface area contributed by atoms with E-state index in [1.807, 2.05) is 32.0 Å². The summed E-state index contributed by atoms with van der Waals surface area (Å²) in [6, 6.07) is 12.0. The summed E-state index contributed by atoms with van der Waals surface area (Å²) in [7, 11) is 0. The maximum atomic E-state index is 12.1. The molecule has 5 nitrogen and oxygen atoms in total. The Labute approximate surface area is 177 Å². The van der Waals surface area contributed by atoms with Crippen molar-refractivity contribution in [2.45, 2.75) is 30.9 Å². The number of nitrogens with one attached hydrogen (secondary N) is 1. The predicted molar refractivity (Wildman–Crippen MR) is 116 cm³/mol. The van der Waals surface area contributed by atoms with E-state index in [-0.39, 0.29) is 12.5 Å². The lowest BCUT2D eigenvalue weighted by atomic mass is 10.1. The summed E-state index contributed by atoms with van der Waals surface area (Å²) in [5.41, 5.74) is 4.29. The molecule has 0 saturated carbocycles. The molecule has 146 valence electrons. The van der Waals surface area contributed by atoms with Gasteiger partial charge in [0.2, 0.25) is 5.13 Å². The van der Waals surface area contributed by atoms with E-state index in [9.17, 15) is 4.79 Å². The van der Waals surface area contributed by atoms with Gasteiger partial charge in [0.05, 0.1) is 0 Å². The molecule has 0 unspecified atom stereocenters. The van der Waals surface area contributed by atoms with E-state index in [0.29, 0.717) is 15.9 Å². The highest BCUT2D eigenvalue weighted by molar-refractivity contribution is 8.00. The first-order valence-corrected chi connectivity index (χ1v) is 10.8. The van der Waals surface area contributed by atoms with Crippen LogP contribution in [0.5, 0.6) is 5.75 Å². The van der Waals surface area contributed by atoms with Crippen molar-refractivity contribution in [3.8, 4) is 5.75 Å². The SMILES string of the molecule is Cc1cccc(CSc2nnc(NC(=O)COc3cc(C)c(Cl)c(C)c3)s2)c1. The molecular formula is C20H20ClN3O2S2. The van der Waals surface area contributed by atoms with Crippen LogP contribution in [-0.4, -0.2) is 22.7 Å². The van der Waals surface area contributed by atoms with Crippen molar-refractivity contribution in [2.75, 3.05) is 11.9 Å². The number of aryl methyl sites for hydroxylation is 3. The van der Waals surface area contributed by atoms with Crippen LogP contribution >= 0.6 is 34.7 Å². The molecule has 1 aromatic heterocycles. The van der Waals surface area contributed by atoms with E-state index in [2.05, 4.69) is 40.6 Å². The molecule has 3 rings (SSSR count). The molecule has 0 aliphatic rings. The van der Waals surface area contributed by atoms with Crippen LogP contribution in [0.25, 0.3) is 0 Å². The van der Waals surface area contributed by atoms with Crippen LogP contribution in [0.2, 0.25) is 5.02 Å². The van der Waals surface area contributed by atoms with Crippen LogP contribution in [0.1, 0.15) is 22.3 Å². The van der Waals surface area contributed by atoms with Gasteiger partial charge in [-0.25, -0.2) is 0 Å². The van der Waals surface area contributed by atoms with Crippen molar-refractivity contribution in [1.29, 1.82) is 0 Å². The lowest BCUT2D eigenvalue weighted by molar-refractivity contribution is -0.118. The van der Waals surface area contributed by atoms with Crippen molar-refractivity contribution >= 4 is 45.7 Å². The number of ether oxygens (including phenoxy) is 1. The summed E-state index contributed by atoms with van der Waals surface area (Å²) < 4.78 is 6.37. The van der Waals surface area contributed by atoms with Gasteiger partial charge in [-0.1, -0.05) is 64.5 Å². The Bertz CT molecular complexity index is 968. The number of nitrogens with zero attached hydrogens (tertiary/aromatic N) is 2. The monoisotopic (exact) mass is 433 g/mol. The minimum Gasteiger partial charge on any atom is -0.484 e. The van der Waals surface area contributed by atoms with Gasteiger partial charge in [0.15, 0.2) is 10.9 Å². The first-order chi connectivity index (χ1) is 13.4. The fraction of sp³-hybridized carbons (Fsp3) is 0.250. The number of rotatable bonds is 7. The van der Waals surface area contributed by atoms with E-state index >= 15 is 0 Å². The quantitative estimate of drug-likeness (QED) is 0.397. The second kappa shape index (κ2) is 9.41. The molecule has 8 heteroatoms. The van der Waals surface area contributed by atoms with Crippen molar-refractivity contribution < 1.29 is 9.53 Å². The highest BCUT2D eigenvalue weighted by atomic mass is 35.5. The highest BCUT2D eigenvalue weighted by Crippen LogP contribution is 2.29. The third kappa shape index (κ3) is 5.70. The lowest BCUT2D eigenvalue weighted by Gasteiger charge is -2.09. The van der Waals surface area contributed by atoms with Gasteiger partial charge in [-0.3, -0.25) is 10.1 Å². The number of hydrogen-bond donors (Lipinski definition) is 1. The zero-order valence-electron chi connectivity index (χ0n) is 15.8. The van der Waals surface area contributed by atoms with Gasteiger partial charge >= 0.3 is 0 Å². The Morgan fingerprint density at radius 1 is 1.18 bits per heavy atom. The molecule has 0 radical (unpaired) electrons. The zero-order chi connectivity index (χ0) is 20.1. The van der Waals surface area contributed by atoms with Gasteiger partial charge < -0.3 is 4.74 Å². The molecule has 0 aliphatic heterocycles. The second-order valence-electron chi connectivity index (χ2n) is 6.36. The van der Waals surface area contributed by atoms with Gasteiger partial charge in [-0.15, -0.1) is 10.2 Å². The van der Waals surface area contributed by atoms with Crippen molar-refractivity contribution in [2.24, 2.45) is 0 Å². The van der Waals surface area contributed by atoms with E-state index in [1.54, 1.807) is 11.8 Å². The smallest absolute Gasteiger partial charge is 0.264 e. The molecule has 1 N–H and O–H groups in total. The average molecular weight is 434 g/mol. The normalized spacial score (nSPS) is 10.7. The third-order valence-corrected chi connectivity index (χ3v) is 6.52. The van der Waals surface area contributed by atoms with Crippen molar-refractivity contribution in [3.05, 3.63) is 63.7 Å².